The molecule has 1 aromatic heterocycles. The number of aromatic nitrogens is 3. The largest absolute Gasteiger partial charge is 0.463 e. The number of carbonyl (C=O) groups excluding carboxylic acids is 1. The van der Waals surface area contributed by atoms with Gasteiger partial charge in [0.05, 0.1) is 17.2 Å². The van der Waals surface area contributed by atoms with Crippen LogP contribution in [0.25, 0.3) is 11.4 Å². The van der Waals surface area contributed by atoms with Crippen LogP contribution in [0.1, 0.15) is 22.8 Å². The number of nitrogens with zero attached hydrogens (tertiary/aromatic N) is 3. The van der Waals surface area contributed by atoms with Crippen molar-refractivity contribution in [1.29, 1.82) is 0 Å². The molecule has 0 radical (unpaired) electrons. The summed E-state index contributed by atoms with van der Waals surface area (Å²) in [6.45, 7) is 4.20. The van der Waals surface area contributed by atoms with Crippen LogP contribution >= 0.6 is 11.6 Å². The lowest BCUT2D eigenvalue weighted by Gasteiger charge is -2.07. The molecule has 0 spiro atoms. The lowest BCUT2D eigenvalue weighted by molar-refractivity contribution is 0.0945. The van der Waals surface area contributed by atoms with Crippen molar-refractivity contribution in [1.82, 2.24) is 14.8 Å². The van der Waals surface area contributed by atoms with Gasteiger partial charge in [-0.15, -0.1) is 5.10 Å². The van der Waals surface area contributed by atoms with Gasteiger partial charge in [0.2, 0.25) is 0 Å². The summed E-state index contributed by atoms with van der Waals surface area (Å²) < 4.78 is 6.62. The smallest absolute Gasteiger partial charge is 0.336 e. The van der Waals surface area contributed by atoms with E-state index in [0.717, 1.165) is 11.1 Å². The van der Waals surface area contributed by atoms with Crippen LogP contribution in [0.5, 0.6) is 6.01 Å². The fraction of sp³-hybridized carbons (Fsp3) is 0.167. The summed E-state index contributed by atoms with van der Waals surface area (Å²) in [7, 11) is 0. The van der Waals surface area contributed by atoms with Crippen LogP contribution in [0.3, 0.4) is 0 Å². The first-order chi connectivity index (χ1) is 11.6. The highest BCUT2D eigenvalue weighted by Crippen LogP contribution is 2.25. The molecule has 0 atom stereocenters. The molecule has 1 heterocycles. The maximum atomic E-state index is 12.9. The van der Waals surface area contributed by atoms with Gasteiger partial charge < -0.3 is 4.74 Å². The Hall–Kier alpha value is -2.66. The molecule has 24 heavy (non-hydrogen) atoms. The van der Waals surface area contributed by atoms with Crippen molar-refractivity contribution in [2.45, 2.75) is 13.8 Å². The van der Waals surface area contributed by atoms with Crippen LogP contribution in [0, 0.1) is 6.92 Å². The average Bonchev–Trinajstić information content (AvgIpc) is 2.99. The predicted octanol–water partition coefficient (Wildman–Crippen LogP) is 3.99. The Bertz CT molecular complexity index is 889. The minimum absolute atomic E-state index is 0.163. The topological polar surface area (TPSA) is 57.0 Å². The fourth-order valence-corrected chi connectivity index (χ4v) is 2.59. The average molecular weight is 342 g/mol. The molecule has 2 aromatic carbocycles. The number of halogens is 1. The molecule has 0 amide bonds. The standard InChI is InChI=1S/C18H16ClN3O2/c1-3-24-18-20-16(13-9-5-4-8-12(13)2)22(21-18)17(23)14-10-6-7-11-15(14)19/h4-11H,3H2,1-2H3. The van der Waals surface area contributed by atoms with E-state index in [4.69, 9.17) is 16.3 Å². The highest BCUT2D eigenvalue weighted by Gasteiger charge is 2.22. The van der Waals surface area contributed by atoms with E-state index in [1.807, 2.05) is 38.1 Å². The molecule has 0 fully saturated rings. The Morgan fingerprint density at radius 3 is 2.58 bits per heavy atom. The monoisotopic (exact) mass is 341 g/mol. The van der Waals surface area contributed by atoms with E-state index in [0.29, 0.717) is 23.0 Å². The number of carbonyl (C=O) groups is 1. The molecule has 3 rings (SSSR count). The second-order valence-corrected chi connectivity index (χ2v) is 5.57. The molecular formula is C18H16ClN3O2. The summed E-state index contributed by atoms with van der Waals surface area (Å²) in [5.41, 5.74) is 2.17. The second-order valence-electron chi connectivity index (χ2n) is 5.16. The van der Waals surface area contributed by atoms with Gasteiger partial charge in [-0.25, -0.2) is 0 Å². The van der Waals surface area contributed by atoms with Gasteiger partial charge in [0.1, 0.15) is 0 Å². The summed E-state index contributed by atoms with van der Waals surface area (Å²) in [5, 5.41) is 4.58. The van der Waals surface area contributed by atoms with Crippen LogP contribution in [-0.4, -0.2) is 27.3 Å². The highest BCUT2D eigenvalue weighted by atomic mass is 35.5. The van der Waals surface area contributed by atoms with Gasteiger partial charge in [-0.2, -0.15) is 9.67 Å². The van der Waals surface area contributed by atoms with Crippen LogP contribution in [-0.2, 0) is 0 Å². The highest BCUT2D eigenvalue weighted by molar-refractivity contribution is 6.33. The number of rotatable bonds is 4. The fourth-order valence-electron chi connectivity index (χ4n) is 2.37. The molecule has 5 nitrogen and oxygen atoms in total. The zero-order valence-electron chi connectivity index (χ0n) is 13.4. The molecule has 0 aliphatic heterocycles. The van der Waals surface area contributed by atoms with Crippen molar-refractivity contribution in [2.75, 3.05) is 6.61 Å². The molecule has 6 heteroatoms. The summed E-state index contributed by atoms with van der Waals surface area (Å²) in [5.74, 6) is 0.0822. The molecule has 122 valence electrons. The summed E-state index contributed by atoms with van der Waals surface area (Å²) in [6.07, 6.45) is 0. The molecule has 0 N–H and O–H groups in total. The minimum atomic E-state index is -0.350. The Balaban J connectivity index is 2.15. The lowest BCUT2D eigenvalue weighted by Crippen LogP contribution is -2.16. The van der Waals surface area contributed by atoms with E-state index in [9.17, 15) is 4.79 Å². The van der Waals surface area contributed by atoms with Crippen LogP contribution in [0.15, 0.2) is 48.5 Å². The number of hydrogen-bond donors (Lipinski definition) is 0. The van der Waals surface area contributed by atoms with Gasteiger partial charge in [-0.05, 0) is 31.5 Å². The van der Waals surface area contributed by atoms with Gasteiger partial charge >= 0.3 is 6.01 Å². The molecule has 0 aliphatic carbocycles. The van der Waals surface area contributed by atoms with Crippen molar-refractivity contribution in [3.63, 3.8) is 0 Å². The molecule has 0 unspecified atom stereocenters. The van der Waals surface area contributed by atoms with Crippen molar-refractivity contribution in [3.05, 3.63) is 64.7 Å². The first-order valence-corrected chi connectivity index (χ1v) is 7.94. The SMILES string of the molecule is CCOc1nc(-c2ccccc2C)n(C(=O)c2ccccc2Cl)n1. The van der Waals surface area contributed by atoms with Crippen molar-refractivity contribution in [2.24, 2.45) is 0 Å². The van der Waals surface area contributed by atoms with Gasteiger partial charge in [-0.3, -0.25) is 4.79 Å². The van der Waals surface area contributed by atoms with Crippen LogP contribution in [0.4, 0.5) is 0 Å². The van der Waals surface area contributed by atoms with Gasteiger partial charge in [0.15, 0.2) is 5.82 Å². The zero-order valence-corrected chi connectivity index (χ0v) is 14.1. The van der Waals surface area contributed by atoms with E-state index in [-0.39, 0.29) is 11.9 Å². The van der Waals surface area contributed by atoms with Gasteiger partial charge in [0.25, 0.3) is 5.91 Å². The van der Waals surface area contributed by atoms with Gasteiger partial charge in [-0.1, -0.05) is 48.0 Å². The molecule has 0 saturated heterocycles. The third-order valence-corrected chi connectivity index (χ3v) is 3.87. The van der Waals surface area contributed by atoms with E-state index < -0.39 is 0 Å². The van der Waals surface area contributed by atoms with Crippen molar-refractivity contribution in [3.8, 4) is 17.4 Å². The third-order valence-electron chi connectivity index (χ3n) is 3.54. The Kier molecular flexibility index (Phi) is 4.62. The van der Waals surface area contributed by atoms with Crippen molar-refractivity contribution >= 4 is 17.5 Å². The van der Waals surface area contributed by atoms with Gasteiger partial charge in [0, 0.05) is 5.56 Å². The quantitative estimate of drug-likeness (QED) is 0.720. The normalized spacial score (nSPS) is 10.6. The van der Waals surface area contributed by atoms with Crippen LogP contribution in [0.2, 0.25) is 5.02 Å². The molecule has 3 aromatic rings. The number of aryl methyl sites for hydroxylation is 1. The molecule has 0 aliphatic rings. The summed E-state index contributed by atoms with van der Waals surface area (Å²) in [6, 6.07) is 14.7. The number of ether oxygens (including phenoxy) is 1. The maximum absolute atomic E-state index is 12.9. The Morgan fingerprint density at radius 2 is 1.88 bits per heavy atom. The van der Waals surface area contributed by atoms with E-state index in [1.54, 1.807) is 24.3 Å². The molecule has 0 saturated carbocycles. The minimum Gasteiger partial charge on any atom is -0.463 e. The Labute approximate surface area is 144 Å². The first kappa shape index (κ1) is 16.2. The van der Waals surface area contributed by atoms with Crippen LogP contribution < -0.4 is 4.74 Å². The number of hydrogen-bond acceptors (Lipinski definition) is 4. The lowest BCUT2D eigenvalue weighted by atomic mass is 10.1. The summed E-state index contributed by atoms with van der Waals surface area (Å²) >= 11 is 6.15. The second kappa shape index (κ2) is 6.84. The molecule has 0 bridgehead atoms. The van der Waals surface area contributed by atoms with E-state index >= 15 is 0 Å². The Morgan fingerprint density at radius 1 is 1.17 bits per heavy atom. The summed E-state index contributed by atoms with van der Waals surface area (Å²) in [4.78, 5) is 17.3. The zero-order chi connectivity index (χ0) is 17.1. The van der Waals surface area contributed by atoms with E-state index in [2.05, 4.69) is 10.1 Å². The maximum Gasteiger partial charge on any atom is 0.336 e. The van der Waals surface area contributed by atoms with Crippen molar-refractivity contribution < 1.29 is 9.53 Å². The first-order valence-electron chi connectivity index (χ1n) is 7.57. The molecular weight excluding hydrogens is 326 g/mol. The predicted molar refractivity (Wildman–Crippen MR) is 92.5 cm³/mol. The van der Waals surface area contributed by atoms with E-state index in [1.165, 1.54) is 4.68 Å². The number of benzene rings is 2. The third kappa shape index (κ3) is 3.03.